The van der Waals surface area contributed by atoms with Gasteiger partial charge < -0.3 is 4.42 Å². The molecule has 0 saturated carbocycles. The van der Waals surface area contributed by atoms with E-state index in [4.69, 9.17) is 4.42 Å². The van der Waals surface area contributed by atoms with Crippen LogP contribution >= 0.6 is 24.2 Å². The van der Waals surface area contributed by atoms with Gasteiger partial charge in [0.1, 0.15) is 0 Å². The van der Waals surface area contributed by atoms with Crippen LogP contribution < -0.4 is 0 Å². The van der Waals surface area contributed by atoms with Crippen LogP contribution in [0.4, 0.5) is 0 Å². The van der Waals surface area contributed by atoms with E-state index in [-0.39, 0.29) is 0 Å². The van der Waals surface area contributed by atoms with Crippen molar-refractivity contribution in [1.29, 1.82) is 0 Å². The summed E-state index contributed by atoms with van der Waals surface area (Å²) in [6.07, 6.45) is 1.30. The van der Waals surface area contributed by atoms with Crippen molar-refractivity contribution >= 4 is 24.2 Å². The molecule has 3 rings (SSSR count). The molecule has 0 aliphatic heterocycles. The van der Waals surface area contributed by atoms with Gasteiger partial charge in [0.25, 0.3) is 0 Å². The number of thiol groups is 1. The Morgan fingerprint density at radius 1 is 1.12 bits per heavy atom. The summed E-state index contributed by atoms with van der Waals surface area (Å²) in [5.74, 6) is 1.18. The number of benzene rings is 1. The van der Waals surface area contributed by atoms with Crippen molar-refractivity contribution in [3.63, 3.8) is 0 Å². The lowest BCUT2D eigenvalue weighted by Gasteiger charge is -1.97. The van der Waals surface area contributed by atoms with Crippen molar-refractivity contribution in [3.05, 3.63) is 30.7 Å². The Morgan fingerprint density at radius 3 is 2.47 bits per heavy atom. The molecule has 2 aromatic heterocycles. The van der Waals surface area contributed by atoms with Gasteiger partial charge in [-0.1, -0.05) is 12.1 Å². The number of hydrogen-bond acceptors (Lipinski definition) is 7. The summed E-state index contributed by atoms with van der Waals surface area (Å²) in [6, 6.07) is 7.60. The van der Waals surface area contributed by atoms with Crippen molar-refractivity contribution in [1.82, 2.24) is 19.6 Å². The van der Waals surface area contributed by atoms with Gasteiger partial charge in [0.15, 0.2) is 10.2 Å². The summed E-state index contributed by atoms with van der Waals surface area (Å²) in [4.78, 5) is 4.19. The number of hydrogen-bond donors (Lipinski definition) is 1. The molecule has 1 aromatic carbocycles. The summed E-state index contributed by atoms with van der Waals surface area (Å²) in [5.41, 5.74) is 1.80. The van der Waals surface area contributed by atoms with E-state index >= 15 is 0 Å². The number of nitrogens with zero attached hydrogens (tertiary/aromatic N) is 4. The minimum atomic E-state index is 0.498. The van der Waals surface area contributed by atoms with Crippen molar-refractivity contribution in [2.45, 2.75) is 4.34 Å². The molecule has 0 spiro atoms. The standard InChI is InChI=1S/C10H6N4OS2/c16-10-12-8(14-17-10)6-1-3-7(4-2-6)9-13-11-5-15-9/h1-5H,(H,12,14,16). The highest BCUT2D eigenvalue weighted by Crippen LogP contribution is 2.23. The van der Waals surface area contributed by atoms with Crippen molar-refractivity contribution in [3.8, 4) is 22.8 Å². The minimum Gasteiger partial charge on any atom is -0.423 e. The van der Waals surface area contributed by atoms with Crippen LogP contribution in [0.2, 0.25) is 0 Å². The Balaban J connectivity index is 1.95. The van der Waals surface area contributed by atoms with Crippen LogP contribution in [0.25, 0.3) is 22.8 Å². The molecule has 0 atom stereocenters. The van der Waals surface area contributed by atoms with E-state index in [1.807, 2.05) is 24.3 Å². The predicted octanol–water partition coefficient (Wildman–Crippen LogP) is 2.54. The second-order valence-corrected chi connectivity index (χ2v) is 4.70. The smallest absolute Gasteiger partial charge is 0.247 e. The molecule has 3 aromatic rings. The zero-order valence-electron chi connectivity index (χ0n) is 8.44. The van der Waals surface area contributed by atoms with Crippen LogP contribution in [0.1, 0.15) is 0 Å². The fourth-order valence-electron chi connectivity index (χ4n) is 1.39. The highest BCUT2D eigenvalue weighted by atomic mass is 32.2. The van der Waals surface area contributed by atoms with Gasteiger partial charge >= 0.3 is 0 Å². The molecule has 2 heterocycles. The molecular formula is C10H6N4OS2. The highest BCUT2D eigenvalue weighted by Gasteiger charge is 2.06. The summed E-state index contributed by atoms with van der Waals surface area (Å²) in [6.45, 7) is 0. The third-order valence-corrected chi connectivity index (χ3v) is 3.03. The van der Waals surface area contributed by atoms with Gasteiger partial charge in [0, 0.05) is 11.1 Å². The van der Waals surface area contributed by atoms with Crippen molar-refractivity contribution in [2.75, 3.05) is 0 Å². The monoisotopic (exact) mass is 262 g/mol. The summed E-state index contributed by atoms with van der Waals surface area (Å²) in [7, 11) is 0. The third-order valence-electron chi connectivity index (χ3n) is 2.17. The molecule has 84 valence electrons. The van der Waals surface area contributed by atoms with Crippen molar-refractivity contribution in [2.24, 2.45) is 0 Å². The molecule has 0 bridgehead atoms. The SMILES string of the molecule is Sc1nc(-c2ccc(-c3nnco3)cc2)ns1. The first-order valence-corrected chi connectivity index (χ1v) is 5.94. The zero-order chi connectivity index (χ0) is 11.7. The summed E-state index contributed by atoms with van der Waals surface area (Å²) >= 11 is 5.40. The topological polar surface area (TPSA) is 64.7 Å². The molecule has 0 aliphatic rings. The average molecular weight is 262 g/mol. The second kappa shape index (κ2) is 4.27. The molecule has 0 aliphatic carbocycles. The maximum Gasteiger partial charge on any atom is 0.247 e. The lowest BCUT2D eigenvalue weighted by atomic mass is 10.1. The highest BCUT2D eigenvalue weighted by molar-refractivity contribution is 7.82. The summed E-state index contributed by atoms with van der Waals surface area (Å²) in [5, 5.41) is 7.47. The van der Waals surface area contributed by atoms with Gasteiger partial charge in [0.2, 0.25) is 12.3 Å². The Morgan fingerprint density at radius 2 is 1.88 bits per heavy atom. The molecule has 0 radical (unpaired) electrons. The maximum atomic E-state index is 5.11. The fourth-order valence-corrected chi connectivity index (χ4v) is 2.05. The van der Waals surface area contributed by atoms with Crippen molar-refractivity contribution < 1.29 is 4.42 Å². The minimum absolute atomic E-state index is 0.498. The van der Waals surface area contributed by atoms with Gasteiger partial charge in [-0.25, -0.2) is 4.98 Å². The zero-order valence-corrected chi connectivity index (χ0v) is 10.2. The van der Waals surface area contributed by atoms with Crippen LogP contribution in [0, 0.1) is 0 Å². The average Bonchev–Trinajstić information content (AvgIpc) is 3.00. The number of aromatic nitrogens is 4. The first kappa shape index (κ1) is 10.4. The maximum absolute atomic E-state index is 5.11. The van der Waals surface area contributed by atoms with Gasteiger partial charge in [-0.2, -0.15) is 4.37 Å². The van der Waals surface area contributed by atoms with Crippen LogP contribution in [-0.4, -0.2) is 19.6 Å². The predicted molar refractivity (Wildman–Crippen MR) is 65.9 cm³/mol. The Hall–Kier alpha value is -1.73. The molecule has 0 saturated heterocycles. The van der Waals surface area contributed by atoms with Gasteiger partial charge in [0.05, 0.1) is 0 Å². The number of rotatable bonds is 2. The lowest BCUT2D eigenvalue weighted by molar-refractivity contribution is 0.568. The first-order chi connectivity index (χ1) is 8.33. The van der Waals surface area contributed by atoms with E-state index in [0.717, 1.165) is 11.1 Å². The van der Waals surface area contributed by atoms with E-state index in [0.29, 0.717) is 16.1 Å². The second-order valence-electron chi connectivity index (χ2n) is 3.22. The normalized spacial score (nSPS) is 10.6. The van der Waals surface area contributed by atoms with Crippen LogP contribution in [0.3, 0.4) is 0 Å². The van der Waals surface area contributed by atoms with Crippen LogP contribution in [0.5, 0.6) is 0 Å². The van der Waals surface area contributed by atoms with Gasteiger partial charge in [-0.05, 0) is 23.7 Å². The van der Waals surface area contributed by atoms with Crippen LogP contribution in [0.15, 0.2) is 39.4 Å². The lowest BCUT2D eigenvalue weighted by Crippen LogP contribution is -1.82. The molecule has 0 fully saturated rings. The Kier molecular flexibility index (Phi) is 2.62. The molecule has 0 unspecified atom stereocenters. The van der Waals surface area contributed by atoms with Crippen LogP contribution in [-0.2, 0) is 0 Å². The third kappa shape index (κ3) is 2.06. The fraction of sp³-hybridized carbons (Fsp3) is 0. The van der Waals surface area contributed by atoms with E-state index in [1.54, 1.807) is 0 Å². The molecule has 0 N–H and O–H groups in total. The van der Waals surface area contributed by atoms with E-state index < -0.39 is 0 Å². The molecule has 0 amide bonds. The van der Waals surface area contributed by atoms with E-state index in [1.165, 1.54) is 17.9 Å². The van der Waals surface area contributed by atoms with E-state index in [9.17, 15) is 0 Å². The molecule has 5 nitrogen and oxygen atoms in total. The Labute approximate surface area is 106 Å². The molecule has 7 heteroatoms. The van der Waals surface area contributed by atoms with Gasteiger partial charge in [-0.3, -0.25) is 0 Å². The van der Waals surface area contributed by atoms with Gasteiger partial charge in [-0.15, -0.1) is 22.8 Å². The Bertz CT molecular complexity index is 618. The first-order valence-electron chi connectivity index (χ1n) is 4.72. The molecule has 17 heavy (non-hydrogen) atoms. The quantitative estimate of drug-likeness (QED) is 0.719. The largest absolute Gasteiger partial charge is 0.423 e. The van der Waals surface area contributed by atoms with E-state index in [2.05, 4.69) is 32.2 Å². The summed E-state index contributed by atoms with van der Waals surface area (Å²) < 4.78 is 9.94. The molecular weight excluding hydrogens is 256 g/mol.